The van der Waals surface area contributed by atoms with Crippen LogP contribution in [0.15, 0.2) is 0 Å². The van der Waals surface area contributed by atoms with Gasteiger partial charge in [-0.15, -0.1) is 0 Å². The molecule has 9 heavy (non-hydrogen) atoms. The zero-order valence-corrected chi connectivity index (χ0v) is 5.30. The number of ether oxygens (including phenoxy) is 1. The van der Waals surface area contributed by atoms with Gasteiger partial charge in [-0.25, -0.2) is 0 Å². The van der Waals surface area contributed by atoms with Crippen LogP contribution in [0.25, 0.3) is 0 Å². The molecule has 1 saturated carbocycles. The van der Waals surface area contributed by atoms with Gasteiger partial charge in [0.15, 0.2) is 0 Å². The number of rotatable bonds is 2. The summed E-state index contributed by atoms with van der Waals surface area (Å²) in [4.78, 5) is 10.7. The molecule has 0 atom stereocenters. The number of esters is 1. The minimum atomic E-state index is -0.122. The van der Waals surface area contributed by atoms with E-state index in [1.54, 1.807) is 0 Å². The van der Waals surface area contributed by atoms with Crippen molar-refractivity contribution in [1.82, 2.24) is 0 Å². The molecule has 1 rings (SSSR count). The van der Waals surface area contributed by atoms with Crippen molar-refractivity contribution < 1.29 is 9.53 Å². The number of carbonyl (C=O) groups excluding carboxylic acids is 1. The van der Waals surface area contributed by atoms with Crippen LogP contribution < -0.4 is 5.73 Å². The van der Waals surface area contributed by atoms with E-state index in [1.807, 2.05) is 0 Å². The van der Waals surface area contributed by atoms with Gasteiger partial charge in [-0.05, 0) is 12.8 Å². The second-order valence-electron chi connectivity index (χ2n) is 2.26. The molecule has 0 bridgehead atoms. The normalized spacial score (nSPS) is 18.8. The minimum absolute atomic E-state index is 0.0231. The van der Waals surface area contributed by atoms with Crippen molar-refractivity contribution in [2.24, 2.45) is 11.7 Å². The van der Waals surface area contributed by atoms with Gasteiger partial charge in [0.05, 0.1) is 5.92 Å². The fraction of sp³-hybridized carbons (Fsp3) is 0.833. The van der Waals surface area contributed by atoms with E-state index in [0.717, 1.165) is 19.3 Å². The molecule has 0 aromatic carbocycles. The molecule has 52 valence electrons. The summed E-state index contributed by atoms with van der Waals surface area (Å²) in [5.41, 5.74) is 5.00. The topological polar surface area (TPSA) is 52.3 Å². The molecule has 0 aromatic rings. The van der Waals surface area contributed by atoms with E-state index in [4.69, 9.17) is 5.73 Å². The van der Waals surface area contributed by atoms with Crippen LogP contribution in [0, 0.1) is 5.92 Å². The molecule has 3 heteroatoms. The molecular formula is C6H11NO2. The highest BCUT2D eigenvalue weighted by molar-refractivity contribution is 5.73. The van der Waals surface area contributed by atoms with Crippen LogP contribution in [0.2, 0.25) is 0 Å². The van der Waals surface area contributed by atoms with Gasteiger partial charge in [0.1, 0.15) is 6.73 Å². The predicted molar refractivity (Wildman–Crippen MR) is 32.5 cm³/mol. The maximum absolute atomic E-state index is 10.7. The lowest BCUT2D eigenvalue weighted by Gasteiger charge is -2.22. The molecule has 1 aliphatic carbocycles. The monoisotopic (exact) mass is 129 g/mol. The average Bonchev–Trinajstić information content (AvgIpc) is 1.60. The Hall–Kier alpha value is -0.570. The van der Waals surface area contributed by atoms with Crippen LogP contribution in [-0.2, 0) is 9.53 Å². The molecule has 0 aliphatic heterocycles. The molecule has 1 fully saturated rings. The highest BCUT2D eigenvalue weighted by Crippen LogP contribution is 2.26. The second kappa shape index (κ2) is 2.82. The van der Waals surface area contributed by atoms with Crippen LogP contribution in [0.3, 0.4) is 0 Å². The van der Waals surface area contributed by atoms with Crippen molar-refractivity contribution in [2.75, 3.05) is 6.73 Å². The molecular weight excluding hydrogens is 118 g/mol. The lowest BCUT2D eigenvalue weighted by Crippen LogP contribution is -2.26. The Labute approximate surface area is 54.2 Å². The second-order valence-corrected chi connectivity index (χ2v) is 2.26. The summed E-state index contributed by atoms with van der Waals surface area (Å²) in [6.45, 7) is 0.0231. The zero-order valence-electron chi connectivity index (χ0n) is 5.30. The van der Waals surface area contributed by atoms with Crippen LogP contribution >= 0.6 is 0 Å². The molecule has 0 radical (unpaired) electrons. The third-order valence-corrected chi connectivity index (χ3v) is 1.66. The molecule has 2 N–H and O–H groups in total. The summed E-state index contributed by atoms with van der Waals surface area (Å²) in [7, 11) is 0. The summed E-state index contributed by atoms with van der Waals surface area (Å²) in [6.07, 6.45) is 3.13. The van der Waals surface area contributed by atoms with E-state index in [0.29, 0.717) is 0 Å². The first kappa shape index (κ1) is 6.55. The van der Waals surface area contributed by atoms with E-state index in [2.05, 4.69) is 4.74 Å². The zero-order chi connectivity index (χ0) is 6.69. The van der Waals surface area contributed by atoms with Crippen molar-refractivity contribution in [1.29, 1.82) is 0 Å². The summed E-state index contributed by atoms with van der Waals surface area (Å²) in [5, 5.41) is 0. The van der Waals surface area contributed by atoms with Gasteiger partial charge in [-0.1, -0.05) is 6.42 Å². The van der Waals surface area contributed by atoms with Gasteiger partial charge in [0.2, 0.25) is 0 Å². The fourth-order valence-corrected chi connectivity index (χ4v) is 0.844. The third-order valence-electron chi connectivity index (χ3n) is 1.66. The minimum Gasteiger partial charge on any atom is -0.450 e. The number of hydrogen-bond acceptors (Lipinski definition) is 3. The first-order chi connectivity index (χ1) is 4.34. The lowest BCUT2D eigenvalue weighted by atomic mass is 9.86. The maximum Gasteiger partial charge on any atom is 0.310 e. The molecule has 0 amide bonds. The van der Waals surface area contributed by atoms with Crippen molar-refractivity contribution >= 4 is 5.97 Å². The van der Waals surface area contributed by atoms with Crippen molar-refractivity contribution in [3.05, 3.63) is 0 Å². The van der Waals surface area contributed by atoms with Gasteiger partial charge in [0.25, 0.3) is 0 Å². The highest BCUT2D eigenvalue weighted by atomic mass is 16.5. The van der Waals surface area contributed by atoms with Crippen molar-refractivity contribution in [3.8, 4) is 0 Å². The molecule has 0 aromatic heterocycles. The molecule has 0 spiro atoms. The van der Waals surface area contributed by atoms with Gasteiger partial charge >= 0.3 is 5.97 Å². The fourth-order valence-electron chi connectivity index (χ4n) is 0.844. The summed E-state index contributed by atoms with van der Waals surface area (Å²) >= 11 is 0. The Balaban J connectivity index is 2.16. The number of carbonyl (C=O) groups is 1. The van der Waals surface area contributed by atoms with E-state index < -0.39 is 0 Å². The Morgan fingerprint density at radius 1 is 1.67 bits per heavy atom. The highest BCUT2D eigenvalue weighted by Gasteiger charge is 2.25. The third kappa shape index (κ3) is 1.42. The summed E-state index contributed by atoms with van der Waals surface area (Å²) < 4.78 is 4.58. The first-order valence-corrected chi connectivity index (χ1v) is 3.21. The predicted octanol–water partition coefficient (Wildman–Crippen LogP) is 0.246. The molecule has 0 heterocycles. The van der Waals surface area contributed by atoms with Gasteiger partial charge in [-0.2, -0.15) is 0 Å². The lowest BCUT2D eigenvalue weighted by molar-refractivity contribution is -0.151. The summed E-state index contributed by atoms with van der Waals surface area (Å²) in [5.74, 6) is 0.0392. The molecule has 0 saturated heterocycles. The summed E-state index contributed by atoms with van der Waals surface area (Å²) in [6, 6.07) is 0. The average molecular weight is 129 g/mol. The van der Waals surface area contributed by atoms with Gasteiger partial charge in [-0.3, -0.25) is 10.5 Å². The Kier molecular flexibility index (Phi) is 2.05. The van der Waals surface area contributed by atoms with Gasteiger partial charge < -0.3 is 4.74 Å². The van der Waals surface area contributed by atoms with E-state index >= 15 is 0 Å². The maximum atomic E-state index is 10.7. The van der Waals surface area contributed by atoms with Crippen LogP contribution in [-0.4, -0.2) is 12.7 Å². The largest absolute Gasteiger partial charge is 0.450 e. The SMILES string of the molecule is NCOC(=O)C1CCC1. The van der Waals surface area contributed by atoms with E-state index in [9.17, 15) is 4.79 Å². The molecule has 3 nitrogen and oxygen atoms in total. The quantitative estimate of drug-likeness (QED) is 0.429. The van der Waals surface area contributed by atoms with Crippen LogP contribution in [0.5, 0.6) is 0 Å². The Morgan fingerprint density at radius 3 is 2.67 bits per heavy atom. The van der Waals surface area contributed by atoms with E-state index in [1.165, 1.54) is 0 Å². The molecule has 1 aliphatic rings. The molecule has 0 unspecified atom stereocenters. The van der Waals surface area contributed by atoms with Crippen molar-refractivity contribution in [3.63, 3.8) is 0 Å². The Bertz CT molecular complexity index is 110. The number of hydrogen-bond donors (Lipinski definition) is 1. The van der Waals surface area contributed by atoms with Crippen LogP contribution in [0.1, 0.15) is 19.3 Å². The van der Waals surface area contributed by atoms with Crippen LogP contribution in [0.4, 0.5) is 0 Å². The smallest absolute Gasteiger partial charge is 0.310 e. The standard InChI is InChI=1S/C6H11NO2/c7-4-9-6(8)5-2-1-3-5/h5H,1-4,7H2. The Morgan fingerprint density at radius 2 is 2.33 bits per heavy atom. The van der Waals surface area contributed by atoms with Crippen molar-refractivity contribution in [2.45, 2.75) is 19.3 Å². The van der Waals surface area contributed by atoms with Gasteiger partial charge in [0, 0.05) is 0 Å². The first-order valence-electron chi connectivity index (χ1n) is 3.21. The van der Waals surface area contributed by atoms with E-state index in [-0.39, 0.29) is 18.6 Å². The number of nitrogens with two attached hydrogens (primary N) is 1.